The zero-order valence-corrected chi connectivity index (χ0v) is 10.6. The van der Waals surface area contributed by atoms with E-state index in [-0.39, 0.29) is 29.6 Å². The van der Waals surface area contributed by atoms with Crippen molar-refractivity contribution in [2.75, 3.05) is 19.6 Å². The summed E-state index contributed by atoms with van der Waals surface area (Å²) in [4.78, 5) is 38.3. The highest BCUT2D eigenvalue weighted by Gasteiger charge is 2.52. The SMILES string of the molecule is CCN1C(=O)[C@@H]2CN(C(=O)[C@H](C)Cl)C[C@H]2C1=O. The standard InChI is InChI=1S/C11H15ClN2O3/c1-3-14-10(16)7-4-13(9(15)6(2)12)5-8(7)11(14)17/h6-8H,3-5H2,1-2H3/t6-,7+,8+/m0/s1. The number of amides is 3. The summed E-state index contributed by atoms with van der Waals surface area (Å²) in [5.74, 6) is -1.23. The van der Waals surface area contributed by atoms with E-state index in [1.165, 1.54) is 9.80 Å². The van der Waals surface area contributed by atoms with Crippen LogP contribution in [0.4, 0.5) is 0 Å². The summed E-state index contributed by atoms with van der Waals surface area (Å²) < 4.78 is 0. The Morgan fingerprint density at radius 1 is 1.35 bits per heavy atom. The molecule has 0 aromatic carbocycles. The molecule has 0 aliphatic carbocycles. The number of hydrogen-bond acceptors (Lipinski definition) is 3. The summed E-state index contributed by atoms with van der Waals surface area (Å²) in [6.07, 6.45) is 0. The van der Waals surface area contributed by atoms with E-state index in [4.69, 9.17) is 11.6 Å². The third-order valence-corrected chi connectivity index (χ3v) is 3.64. The van der Waals surface area contributed by atoms with Crippen molar-refractivity contribution in [3.05, 3.63) is 0 Å². The Bertz CT molecular complexity index is 359. The van der Waals surface area contributed by atoms with Gasteiger partial charge in [-0.05, 0) is 13.8 Å². The van der Waals surface area contributed by atoms with Crippen LogP contribution < -0.4 is 0 Å². The van der Waals surface area contributed by atoms with Gasteiger partial charge in [0.15, 0.2) is 0 Å². The Hall–Kier alpha value is -1.10. The molecule has 94 valence electrons. The highest BCUT2D eigenvalue weighted by atomic mass is 35.5. The van der Waals surface area contributed by atoms with Gasteiger partial charge in [-0.2, -0.15) is 0 Å². The van der Waals surface area contributed by atoms with E-state index >= 15 is 0 Å². The van der Waals surface area contributed by atoms with Crippen LogP contribution in [0.2, 0.25) is 0 Å². The van der Waals surface area contributed by atoms with Gasteiger partial charge in [0.25, 0.3) is 0 Å². The molecule has 0 bridgehead atoms. The van der Waals surface area contributed by atoms with Gasteiger partial charge in [0.2, 0.25) is 17.7 Å². The van der Waals surface area contributed by atoms with Crippen molar-refractivity contribution in [3.63, 3.8) is 0 Å². The summed E-state index contributed by atoms with van der Waals surface area (Å²) in [5.41, 5.74) is 0. The fourth-order valence-corrected chi connectivity index (χ4v) is 2.69. The normalized spacial score (nSPS) is 29.8. The van der Waals surface area contributed by atoms with Gasteiger partial charge in [-0.15, -0.1) is 11.6 Å². The largest absolute Gasteiger partial charge is 0.340 e. The van der Waals surface area contributed by atoms with Crippen LogP contribution in [-0.2, 0) is 14.4 Å². The Kier molecular flexibility index (Phi) is 3.12. The van der Waals surface area contributed by atoms with E-state index in [0.29, 0.717) is 19.6 Å². The molecular formula is C11H15ClN2O3. The van der Waals surface area contributed by atoms with E-state index in [9.17, 15) is 14.4 Å². The molecule has 2 aliphatic heterocycles. The predicted octanol–water partition coefficient (Wildman–Crippen LogP) is 0.0770. The number of alkyl halides is 1. The molecule has 2 heterocycles. The molecule has 6 heteroatoms. The minimum atomic E-state index is -0.610. The second-order valence-corrected chi connectivity index (χ2v) is 5.15. The molecule has 5 nitrogen and oxygen atoms in total. The molecule has 0 N–H and O–H groups in total. The number of imide groups is 1. The molecular weight excluding hydrogens is 244 g/mol. The van der Waals surface area contributed by atoms with E-state index in [1.54, 1.807) is 13.8 Å². The smallest absolute Gasteiger partial charge is 0.240 e. The molecule has 0 aromatic heterocycles. The van der Waals surface area contributed by atoms with Crippen LogP contribution in [0, 0.1) is 11.8 Å². The Morgan fingerprint density at radius 2 is 1.82 bits per heavy atom. The predicted molar refractivity (Wildman–Crippen MR) is 61.3 cm³/mol. The number of carbonyl (C=O) groups excluding carboxylic acids is 3. The number of likely N-dealkylation sites (tertiary alicyclic amines) is 2. The maximum Gasteiger partial charge on any atom is 0.240 e. The van der Waals surface area contributed by atoms with Crippen LogP contribution in [0.5, 0.6) is 0 Å². The fourth-order valence-electron chi connectivity index (χ4n) is 2.56. The highest BCUT2D eigenvalue weighted by molar-refractivity contribution is 6.30. The number of hydrogen-bond donors (Lipinski definition) is 0. The number of fused-ring (bicyclic) bond motifs is 1. The number of carbonyl (C=O) groups is 3. The van der Waals surface area contributed by atoms with Crippen molar-refractivity contribution in [1.29, 1.82) is 0 Å². The quantitative estimate of drug-likeness (QED) is 0.521. The molecule has 2 aliphatic rings. The van der Waals surface area contributed by atoms with Crippen LogP contribution in [0.25, 0.3) is 0 Å². The second kappa shape index (κ2) is 4.29. The van der Waals surface area contributed by atoms with Gasteiger partial charge in [-0.1, -0.05) is 0 Å². The van der Waals surface area contributed by atoms with Gasteiger partial charge in [0.1, 0.15) is 5.38 Å². The maximum atomic E-state index is 11.9. The molecule has 2 fully saturated rings. The first-order valence-electron chi connectivity index (χ1n) is 5.75. The first-order chi connectivity index (χ1) is 7.97. The molecule has 0 spiro atoms. The minimum Gasteiger partial charge on any atom is -0.340 e. The van der Waals surface area contributed by atoms with E-state index in [1.807, 2.05) is 0 Å². The van der Waals surface area contributed by atoms with Crippen LogP contribution in [-0.4, -0.2) is 52.5 Å². The molecule has 2 saturated heterocycles. The first-order valence-corrected chi connectivity index (χ1v) is 6.19. The molecule has 17 heavy (non-hydrogen) atoms. The average molecular weight is 259 g/mol. The molecule has 0 saturated carbocycles. The van der Waals surface area contributed by atoms with Crippen molar-refractivity contribution in [2.24, 2.45) is 11.8 Å². The van der Waals surface area contributed by atoms with E-state index in [2.05, 4.69) is 0 Å². The van der Waals surface area contributed by atoms with Gasteiger partial charge in [0.05, 0.1) is 11.8 Å². The van der Waals surface area contributed by atoms with Crippen LogP contribution in [0.1, 0.15) is 13.8 Å². The highest BCUT2D eigenvalue weighted by Crippen LogP contribution is 2.33. The molecule has 3 amide bonds. The van der Waals surface area contributed by atoms with Gasteiger partial charge in [-0.3, -0.25) is 19.3 Å². The molecule has 3 atom stereocenters. The van der Waals surface area contributed by atoms with Crippen molar-refractivity contribution in [2.45, 2.75) is 19.2 Å². The average Bonchev–Trinajstić information content (AvgIpc) is 2.80. The summed E-state index contributed by atoms with van der Waals surface area (Å²) in [5, 5.41) is -0.610. The second-order valence-electron chi connectivity index (χ2n) is 4.49. The Labute approximate surface area is 105 Å². The molecule has 2 rings (SSSR count). The van der Waals surface area contributed by atoms with E-state index < -0.39 is 5.38 Å². The van der Waals surface area contributed by atoms with Gasteiger partial charge >= 0.3 is 0 Å². The van der Waals surface area contributed by atoms with Crippen LogP contribution in [0.15, 0.2) is 0 Å². The monoisotopic (exact) mass is 258 g/mol. The third kappa shape index (κ3) is 1.82. The maximum absolute atomic E-state index is 11.9. The Balaban J connectivity index is 2.13. The lowest BCUT2D eigenvalue weighted by Crippen LogP contribution is -2.39. The third-order valence-electron chi connectivity index (χ3n) is 3.45. The van der Waals surface area contributed by atoms with Gasteiger partial charge in [0, 0.05) is 19.6 Å². The zero-order chi connectivity index (χ0) is 12.7. The van der Waals surface area contributed by atoms with Crippen molar-refractivity contribution >= 4 is 29.3 Å². The molecule has 0 unspecified atom stereocenters. The molecule has 0 radical (unpaired) electrons. The van der Waals surface area contributed by atoms with Gasteiger partial charge in [-0.25, -0.2) is 0 Å². The zero-order valence-electron chi connectivity index (χ0n) is 9.85. The number of nitrogens with zero attached hydrogens (tertiary/aromatic N) is 2. The number of rotatable bonds is 2. The fraction of sp³-hybridized carbons (Fsp3) is 0.727. The van der Waals surface area contributed by atoms with Crippen molar-refractivity contribution in [3.8, 4) is 0 Å². The van der Waals surface area contributed by atoms with Crippen molar-refractivity contribution in [1.82, 2.24) is 9.80 Å². The molecule has 0 aromatic rings. The topological polar surface area (TPSA) is 57.7 Å². The Morgan fingerprint density at radius 3 is 2.18 bits per heavy atom. The lowest BCUT2D eigenvalue weighted by Gasteiger charge is -2.20. The summed E-state index contributed by atoms with van der Waals surface area (Å²) >= 11 is 5.72. The summed E-state index contributed by atoms with van der Waals surface area (Å²) in [7, 11) is 0. The number of halogens is 1. The summed E-state index contributed by atoms with van der Waals surface area (Å²) in [6, 6.07) is 0. The lowest BCUT2D eigenvalue weighted by atomic mass is 10.00. The first kappa shape index (κ1) is 12.4. The van der Waals surface area contributed by atoms with Crippen molar-refractivity contribution < 1.29 is 14.4 Å². The van der Waals surface area contributed by atoms with Crippen LogP contribution >= 0.6 is 11.6 Å². The van der Waals surface area contributed by atoms with E-state index in [0.717, 1.165) is 0 Å². The summed E-state index contributed by atoms with van der Waals surface area (Å²) in [6.45, 7) is 4.42. The van der Waals surface area contributed by atoms with Gasteiger partial charge < -0.3 is 4.90 Å². The van der Waals surface area contributed by atoms with Crippen LogP contribution in [0.3, 0.4) is 0 Å². The lowest BCUT2D eigenvalue weighted by molar-refractivity contribution is -0.140. The minimum absolute atomic E-state index is 0.153.